The van der Waals surface area contributed by atoms with Gasteiger partial charge in [0, 0.05) is 21.6 Å². The summed E-state index contributed by atoms with van der Waals surface area (Å²) >= 11 is 9.46. The maximum Gasteiger partial charge on any atom is 0.251 e. The summed E-state index contributed by atoms with van der Waals surface area (Å²) < 4.78 is 11.4. The standard InChI is InChI=1S/C15H11BrClNO3/c16-11-3-1-10(12(17)6-11)7-18-15(19)9-2-4-13-14(5-9)21-8-20-13/h1-6H,7-8H2,(H,18,19). The zero-order chi connectivity index (χ0) is 14.8. The molecule has 1 heterocycles. The molecule has 0 unspecified atom stereocenters. The summed E-state index contributed by atoms with van der Waals surface area (Å²) in [4.78, 5) is 12.1. The van der Waals surface area contributed by atoms with Gasteiger partial charge in [-0.1, -0.05) is 33.6 Å². The van der Waals surface area contributed by atoms with Crippen LogP contribution in [0, 0.1) is 0 Å². The highest BCUT2D eigenvalue weighted by atomic mass is 79.9. The zero-order valence-electron chi connectivity index (χ0n) is 10.9. The predicted molar refractivity (Wildman–Crippen MR) is 82.9 cm³/mol. The van der Waals surface area contributed by atoms with Crippen molar-refractivity contribution in [3.05, 3.63) is 57.0 Å². The monoisotopic (exact) mass is 367 g/mol. The smallest absolute Gasteiger partial charge is 0.251 e. The molecule has 1 aliphatic heterocycles. The van der Waals surface area contributed by atoms with Crippen LogP contribution in [0.5, 0.6) is 11.5 Å². The van der Waals surface area contributed by atoms with Crippen molar-refractivity contribution in [2.45, 2.75) is 6.54 Å². The van der Waals surface area contributed by atoms with Gasteiger partial charge >= 0.3 is 0 Å². The van der Waals surface area contributed by atoms with E-state index in [9.17, 15) is 4.79 Å². The molecule has 3 rings (SSSR count). The maximum absolute atomic E-state index is 12.1. The van der Waals surface area contributed by atoms with E-state index < -0.39 is 0 Å². The molecule has 0 saturated heterocycles. The van der Waals surface area contributed by atoms with Crippen LogP contribution in [-0.2, 0) is 6.54 Å². The van der Waals surface area contributed by atoms with E-state index in [1.165, 1.54) is 0 Å². The second-order valence-corrected chi connectivity index (χ2v) is 5.81. The van der Waals surface area contributed by atoms with Crippen LogP contribution in [-0.4, -0.2) is 12.7 Å². The highest BCUT2D eigenvalue weighted by Crippen LogP contribution is 2.32. The van der Waals surface area contributed by atoms with Gasteiger partial charge in [0.05, 0.1) is 0 Å². The lowest BCUT2D eigenvalue weighted by molar-refractivity contribution is 0.0950. The number of hydrogen-bond acceptors (Lipinski definition) is 3. The SMILES string of the molecule is O=C(NCc1ccc(Br)cc1Cl)c1ccc2c(c1)OCO2. The molecule has 1 aliphatic rings. The maximum atomic E-state index is 12.1. The predicted octanol–water partition coefficient (Wildman–Crippen LogP) is 3.76. The van der Waals surface area contributed by atoms with Crippen LogP contribution in [0.1, 0.15) is 15.9 Å². The third-order valence-corrected chi connectivity index (χ3v) is 3.93. The minimum atomic E-state index is -0.188. The Morgan fingerprint density at radius 2 is 2.00 bits per heavy atom. The fourth-order valence-corrected chi connectivity index (χ4v) is 2.72. The number of fused-ring (bicyclic) bond motifs is 1. The molecule has 2 aromatic carbocycles. The molecule has 0 spiro atoms. The molecule has 1 amide bonds. The summed E-state index contributed by atoms with van der Waals surface area (Å²) in [5.41, 5.74) is 1.38. The fourth-order valence-electron chi connectivity index (χ4n) is 1.98. The normalized spacial score (nSPS) is 12.3. The van der Waals surface area contributed by atoms with Gasteiger partial charge in [0.2, 0.25) is 6.79 Å². The number of nitrogens with one attached hydrogen (secondary N) is 1. The largest absolute Gasteiger partial charge is 0.454 e. The molecule has 0 saturated carbocycles. The van der Waals surface area contributed by atoms with Gasteiger partial charge in [-0.2, -0.15) is 0 Å². The van der Waals surface area contributed by atoms with Crippen molar-refractivity contribution in [1.82, 2.24) is 5.32 Å². The van der Waals surface area contributed by atoms with Crippen molar-refractivity contribution in [3.8, 4) is 11.5 Å². The molecule has 6 heteroatoms. The Balaban J connectivity index is 1.69. The number of hydrogen-bond donors (Lipinski definition) is 1. The summed E-state index contributed by atoms with van der Waals surface area (Å²) in [6.45, 7) is 0.550. The average molecular weight is 369 g/mol. The summed E-state index contributed by atoms with van der Waals surface area (Å²) in [5.74, 6) is 1.05. The molecule has 4 nitrogen and oxygen atoms in total. The highest BCUT2D eigenvalue weighted by Gasteiger charge is 2.16. The van der Waals surface area contributed by atoms with Crippen molar-refractivity contribution in [2.75, 3.05) is 6.79 Å². The first-order valence-electron chi connectivity index (χ1n) is 6.25. The van der Waals surface area contributed by atoms with Crippen molar-refractivity contribution in [2.24, 2.45) is 0 Å². The van der Waals surface area contributed by atoms with Crippen molar-refractivity contribution in [3.63, 3.8) is 0 Å². The number of ether oxygens (including phenoxy) is 2. The minimum Gasteiger partial charge on any atom is -0.454 e. The first-order valence-corrected chi connectivity index (χ1v) is 7.42. The Bertz CT molecular complexity index is 705. The molecule has 0 aliphatic carbocycles. The van der Waals surface area contributed by atoms with Crippen molar-refractivity contribution >= 4 is 33.4 Å². The summed E-state index contributed by atoms with van der Waals surface area (Å²) in [5, 5.41) is 3.44. The summed E-state index contributed by atoms with van der Waals surface area (Å²) in [7, 11) is 0. The van der Waals surface area contributed by atoms with Gasteiger partial charge in [-0.05, 0) is 35.9 Å². The van der Waals surface area contributed by atoms with Gasteiger partial charge in [0.15, 0.2) is 11.5 Å². The molecule has 0 atom stereocenters. The fraction of sp³-hybridized carbons (Fsp3) is 0.133. The van der Waals surface area contributed by atoms with Crippen LogP contribution in [0.15, 0.2) is 40.9 Å². The molecule has 0 bridgehead atoms. The topological polar surface area (TPSA) is 47.6 Å². The molecule has 0 radical (unpaired) electrons. The summed E-state index contributed by atoms with van der Waals surface area (Å²) in [6.07, 6.45) is 0. The van der Waals surface area contributed by atoms with Crippen LogP contribution in [0.3, 0.4) is 0 Å². The second-order valence-electron chi connectivity index (χ2n) is 4.49. The number of amides is 1. The minimum absolute atomic E-state index is 0.188. The molecule has 21 heavy (non-hydrogen) atoms. The number of rotatable bonds is 3. The van der Waals surface area contributed by atoms with Crippen LogP contribution in [0.25, 0.3) is 0 Å². The molecule has 2 aromatic rings. The molecule has 0 aromatic heterocycles. The van der Waals surface area contributed by atoms with Gasteiger partial charge in [0.1, 0.15) is 0 Å². The van der Waals surface area contributed by atoms with Gasteiger partial charge < -0.3 is 14.8 Å². The van der Waals surface area contributed by atoms with E-state index in [1.54, 1.807) is 24.3 Å². The third kappa shape index (κ3) is 3.14. The second kappa shape index (κ2) is 5.95. The van der Waals surface area contributed by atoms with E-state index in [0.29, 0.717) is 28.6 Å². The van der Waals surface area contributed by atoms with Crippen LogP contribution >= 0.6 is 27.5 Å². The lowest BCUT2D eigenvalue weighted by atomic mass is 10.1. The Morgan fingerprint density at radius 1 is 1.19 bits per heavy atom. The quantitative estimate of drug-likeness (QED) is 0.897. The van der Waals surface area contributed by atoms with Crippen molar-refractivity contribution in [1.29, 1.82) is 0 Å². The lowest BCUT2D eigenvalue weighted by Gasteiger charge is -2.08. The third-order valence-electron chi connectivity index (χ3n) is 3.09. The van der Waals surface area contributed by atoms with Gasteiger partial charge in [0.25, 0.3) is 5.91 Å². The molecular formula is C15H11BrClNO3. The van der Waals surface area contributed by atoms with E-state index in [4.69, 9.17) is 21.1 Å². The Morgan fingerprint density at radius 3 is 2.81 bits per heavy atom. The van der Waals surface area contributed by atoms with Gasteiger partial charge in [-0.15, -0.1) is 0 Å². The lowest BCUT2D eigenvalue weighted by Crippen LogP contribution is -2.22. The van der Waals surface area contributed by atoms with E-state index in [0.717, 1.165) is 10.0 Å². The van der Waals surface area contributed by atoms with Crippen molar-refractivity contribution < 1.29 is 14.3 Å². The zero-order valence-corrected chi connectivity index (χ0v) is 13.2. The Labute approximate surface area is 135 Å². The first-order chi connectivity index (χ1) is 10.1. The van der Waals surface area contributed by atoms with E-state index in [-0.39, 0.29) is 12.7 Å². The van der Waals surface area contributed by atoms with E-state index >= 15 is 0 Å². The summed E-state index contributed by atoms with van der Waals surface area (Å²) in [6, 6.07) is 10.6. The van der Waals surface area contributed by atoms with E-state index in [2.05, 4.69) is 21.2 Å². The number of benzene rings is 2. The first kappa shape index (κ1) is 14.2. The van der Waals surface area contributed by atoms with Crippen LogP contribution in [0.4, 0.5) is 0 Å². The van der Waals surface area contributed by atoms with Crippen LogP contribution in [0.2, 0.25) is 5.02 Å². The number of carbonyl (C=O) groups excluding carboxylic acids is 1. The van der Waals surface area contributed by atoms with Gasteiger partial charge in [-0.25, -0.2) is 0 Å². The Hall–Kier alpha value is -1.72. The molecule has 0 fully saturated rings. The van der Waals surface area contributed by atoms with Gasteiger partial charge in [-0.3, -0.25) is 4.79 Å². The van der Waals surface area contributed by atoms with Crippen LogP contribution < -0.4 is 14.8 Å². The molecule has 108 valence electrons. The molecular weight excluding hydrogens is 358 g/mol. The number of carbonyl (C=O) groups is 1. The molecule has 1 N–H and O–H groups in total. The average Bonchev–Trinajstić information content (AvgIpc) is 2.93. The Kier molecular flexibility index (Phi) is 4.03. The number of halogens is 2. The van der Waals surface area contributed by atoms with E-state index in [1.807, 2.05) is 12.1 Å². The highest BCUT2D eigenvalue weighted by molar-refractivity contribution is 9.10.